The lowest BCUT2D eigenvalue weighted by Gasteiger charge is -2.00. The Hall–Kier alpha value is -2.83. The number of amides is 1. The molecule has 0 unspecified atom stereocenters. The molecule has 0 atom stereocenters. The number of benzene rings is 2. The summed E-state index contributed by atoms with van der Waals surface area (Å²) in [5.74, 6) is 1.46. The molecule has 2 aromatic heterocycles. The number of thiazole rings is 1. The first kappa shape index (κ1) is 19.5. The Kier molecular flexibility index (Phi) is 6.12. The molecule has 6 heteroatoms. The summed E-state index contributed by atoms with van der Waals surface area (Å²) in [6.07, 6.45) is 2.61. The van der Waals surface area contributed by atoms with Crippen molar-refractivity contribution in [2.75, 3.05) is 5.32 Å². The molecule has 0 saturated heterocycles. The second kappa shape index (κ2) is 9.11. The van der Waals surface area contributed by atoms with Gasteiger partial charge in [0, 0.05) is 22.4 Å². The van der Waals surface area contributed by atoms with E-state index in [2.05, 4.69) is 53.6 Å². The highest BCUT2D eigenvalue weighted by atomic mass is 32.2. The van der Waals surface area contributed by atoms with E-state index in [1.54, 1.807) is 17.8 Å². The first-order valence-corrected chi connectivity index (χ1v) is 11.0. The number of carbonyl (C=O) groups excluding carboxylic acids is 1. The fraction of sp³-hybridized carbons (Fsp3) is 0.130. The standard InChI is InChI=1S/C23H20N2O2S2/c1-16-6-5-7-17(12-16)13-20-14-24-23(29-20)25-22(26)21-11-10-18(27-21)15-28-19-8-3-2-4-9-19/h2-12,14H,13,15H2,1H3,(H,24,25,26). The average Bonchev–Trinajstić information content (AvgIpc) is 3.37. The van der Waals surface area contributed by atoms with Crippen LogP contribution in [-0.4, -0.2) is 10.9 Å². The van der Waals surface area contributed by atoms with E-state index < -0.39 is 0 Å². The van der Waals surface area contributed by atoms with Crippen molar-refractivity contribution in [2.24, 2.45) is 0 Å². The summed E-state index contributed by atoms with van der Waals surface area (Å²) in [6, 6.07) is 22.1. The van der Waals surface area contributed by atoms with Crippen molar-refractivity contribution in [3.8, 4) is 0 Å². The largest absolute Gasteiger partial charge is 0.455 e. The monoisotopic (exact) mass is 420 g/mol. The summed E-state index contributed by atoms with van der Waals surface area (Å²) in [5.41, 5.74) is 2.47. The van der Waals surface area contributed by atoms with Crippen molar-refractivity contribution in [1.29, 1.82) is 0 Å². The third kappa shape index (κ3) is 5.37. The van der Waals surface area contributed by atoms with E-state index in [9.17, 15) is 4.79 Å². The van der Waals surface area contributed by atoms with E-state index in [0.29, 0.717) is 16.6 Å². The van der Waals surface area contributed by atoms with Crippen LogP contribution < -0.4 is 5.32 Å². The quantitative estimate of drug-likeness (QED) is 0.363. The van der Waals surface area contributed by atoms with Crippen LogP contribution in [0.15, 0.2) is 82.2 Å². The van der Waals surface area contributed by atoms with E-state index in [1.807, 2.05) is 30.5 Å². The fourth-order valence-corrected chi connectivity index (χ4v) is 4.53. The molecule has 2 heterocycles. The van der Waals surface area contributed by atoms with Gasteiger partial charge in [0.1, 0.15) is 5.76 Å². The Bertz CT molecular complexity index is 1100. The highest BCUT2D eigenvalue weighted by molar-refractivity contribution is 7.98. The normalized spacial score (nSPS) is 10.8. The van der Waals surface area contributed by atoms with Gasteiger partial charge in [-0.3, -0.25) is 10.1 Å². The zero-order valence-electron chi connectivity index (χ0n) is 15.9. The molecule has 0 spiro atoms. The lowest BCUT2D eigenvalue weighted by Crippen LogP contribution is -2.10. The van der Waals surface area contributed by atoms with Crippen molar-refractivity contribution in [3.05, 3.63) is 100 Å². The minimum Gasteiger partial charge on any atom is -0.455 e. The number of nitrogens with zero attached hydrogens (tertiary/aromatic N) is 1. The van der Waals surface area contributed by atoms with Gasteiger partial charge in [-0.1, -0.05) is 48.0 Å². The number of carbonyl (C=O) groups is 1. The smallest absolute Gasteiger partial charge is 0.293 e. The van der Waals surface area contributed by atoms with E-state index in [-0.39, 0.29) is 5.91 Å². The average molecular weight is 421 g/mol. The number of hydrogen-bond acceptors (Lipinski definition) is 5. The van der Waals surface area contributed by atoms with Crippen LogP contribution in [0.3, 0.4) is 0 Å². The molecule has 4 rings (SSSR count). The minimum atomic E-state index is -0.280. The van der Waals surface area contributed by atoms with Crippen LogP contribution in [0.2, 0.25) is 0 Å². The van der Waals surface area contributed by atoms with Crippen LogP contribution in [0, 0.1) is 6.92 Å². The lowest BCUT2D eigenvalue weighted by molar-refractivity contribution is 0.0995. The van der Waals surface area contributed by atoms with Crippen LogP contribution in [0.5, 0.6) is 0 Å². The maximum Gasteiger partial charge on any atom is 0.293 e. The number of thioether (sulfide) groups is 1. The summed E-state index contributed by atoms with van der Waals surface area (Å²) in [6.45, 7) is 2.08. The number of rotatable bonds is 7. The first-order valence-electron chi connectivity index (χ1n) is 9.24. The number of anilines is 1. The van der Waals surface area contributed by atoms with Crippen LogP contribution in [0.1, 0.15) is 32.3 Å². The molecule has 0 aliphatic heterocycles. The molecular weight excluding hydrogens is 400 g/mol. The van der Waals surface area contributed by atoms with Gasteiger partial charge >= 0.3 is 0 Å². The Morgan fingerprint density at radius 2 is 1.97 bits per heavy atom. The molecule has 146 valence electrons. The lowest BCUT2D eigenvalue weighted by atomic mass is 10.1. The molecule has 0 bridgehead atoms. The predicted molar refractivity (Wildman–Crippen MR) is 119 cm³/mol. The van der Waals surface area contributed by atoms with E-state index >= 15 is 0 Å². The third-order valence-electron chi connectivity index (χ3n) is 4.24. The van der Waals surface area contributed by atoms with Crippen LogP contribution in [0.25, 0.3) is 0 Å². The van der Waals surface area contributed by atoms with Crippen LogP contribution >= 0.6 is 23.1 Å². The highest BCUT2D eigenvalue weighted by Crippen LogP contribution is 2.25. The molecular formula is C23H20N2O2S2. The van der Waals surface area contributed by atoms with Crippen molar-refractivity contribution in [3.63, 3.8) is 0 Å². The van der Waals surface area contributed by atoms with Gasteiger partial charge in [-0.15, -0.1) is 23.1 Å². The number of hydrogen-bond donors (Lipinski definition) is 1. The molecule has 29 heavy (non-hydrogen) atoms. The van der Waals surface area contributed by atoms with Gasteiger partial charge in [-0.05, 0) is 36.8 Å². The number of furan rings is 1. The van der Waals surface area contributed by atoms with Crippen LogP contribution in [0.4, 0.5) is 5.13 Å². The summed E-state index contributed by atoms with van der Waals surface area (Å²) in [7, 11) is 0. The van der Waals surface area contributed by atoms with E-state index in [0.717, 1.165) is 17.1 Å². The molecule has 4 nitrogen and oxygen atoms in total. The second-order valence-corrected chi connectivity index (χ2v) is 8.78. The molecule has 0 fully saturated rings. The molecule has 0 aliphatic rings. The summed E-state index contributed by atoms with van der Waals surface area (Å²) in [5, 5.41) is 3.41. The van der Waals surface area contributed by atoms with Crippen LogP contribution in [-0.2, 0) is 12.2 Å². The first-order chi connectivity index (χ1) is 14.2. The summed E-state index contributed by atoms with van der Waals surface area (Å²) in [4.78, 5) is 19.1. The highest BCUT2D eigenvalue weighted by Gasteiger charge is 2.14. The molecule has 0 radical (unpaired) electrons. The van der Waals surface area contributed by atoms with Gasteiger partial charge in [0.15, 0.2) is 10.9 Å². The number of nitrogens with one attached hydrogen (secondary N) is 1. The van der Waals surface area contributed by atoms with E-state index in [1.165, 1.54) is 27.4 Å². The van der Waals surface area contributed by atoms with Crippen molar-refractivity contribution in [1.82, 2.24) is 4.98 Å². The number of aryl methyl sites for hydroxylation is 1. The van der Waals surface area contributed by atoms with Crippen molar-refractivity contribution in [2.45, 2.75) is 24.0 Å². The Labute approximate surface area is 178 Å². The summed E-state index contributed by atoms with van der Waals surface area (Å²) >= 11 is 3.15. The zero-order chi connectivity index (χ0) is 20.1. The zero-order valence-corrected chi connectivity index (χ0v) is 17.6. The topological polar surface area (TPSA) is 55.1 Å². The minimum absolute atomic E-state index is 0.280. The summed E-state index contributed by atoms with van der Waals surface area (Å²) < 4.78 is 5.70. The maximum atomic E-state index is 12.5. The second-order valence-electron chi connectivity index (χ2n) is 6.62. The van der Waals surface area contributed by atoms with Gasteiger partial charge in [-0.2, -0.15) is 0 Å². The van der Waals surface area contributed by atoms with Gasteiger partial charge in [0.25, 0.3) is 5.91 Å². The SMILES string of the molecule is Cc1cccc(Cc2cnc(NC(=O)c3ccc(CSc4ccccc4)o3)s2)c1. The Morgan fingerprint density at radius 1 is 1.10 bits per heavy atom. The fourth-order valence-electron chi connectivity index (χ4n) is 2.88. The molecule has 4 aromatic rings. The molecule has 1 N–H and O–H groups in total. The van der Waals surface area contributed by atoms with Gasteiger partial charge in [-0.25, -0.2) is 4.98 Å². The Morgan fingerprint density at radius 3 is 2.79 bits per heavy atom. The van der Waals surface area contributed by atoms with Gasteiger partial charge in [0.05, 0.1) is 5.75 Å². The molecule has 0 aliphatic carbocycles. The molecule has 2 aromatic carbocycles. The predicted octanol–water partition coefficient (Wildman–Crippen LogP) is 6.18. The Balaban J connectivity index is 1.34. The van der Waals surface area contributed by atoms with Crippen molar-refractivity contribution < 1.29 is 9.21 Å². The van der Waals surface area contributed by atoms with Gasteiger partial charge in [0.2, 0.25) is 0 Å². The van der Waals surface area contributed by atoms with E-state index in [4.69, 9.17) is 4.42 Å². The number of aromatic nitrogens is 1. The van der Waals surface area contributed by atoms with Crippen molar-refractivity contribution >= 4 is 34.1 Å². The molecule has 0 saturated carbocycles. The third-order valence-corrected chi connectivity index (χ3v) is 6.19. The van der Waals surface area contributed by atoms with Gasteiger partial charge < -0.3 is 4.42 Å². The molecule has 1 amide bonds. The maximum absolute atomic E-state index is 12.5.